The van der Waals surface area contributed by atoms with Gasteiger partial charge in [0.05, 0.1) is 22.1 Å². The van der Waals surface area contributed by atoms with E-state index in [1.54, 1.807) is 0 Å². The second-order valence-corrected chi connectivity index (χ2v) is 15.7. The van der Waals surface area contributed by atoms with Crippen molar-refractivity contribution in [3.63, 3.8) is 0 Å². The lowest BCUT2D eigenvalue weighted by Crippen LogP contribution is -2.10. The van der Waals surface area contributed by atoms with Crippen LogP contribution in [-0.4, -0.2) is 24.1 Å². The molecule has 0 amide bonds. The molecule has 12 rings (SSSR count). The zero-order chi connectivity index (χ0) is 41.0. The van der Waals surface area contributed by atoms with Crippen LogP contribution in [0.25, 0.3) is 111 Å². The van der Waals surface area contributed by atoms with E-state index in [-0.39, 0.29) is 0 Å². The average Bonchev–Trinajstić information content (AvgIpc) is 3.87. The van der Waals surface area contributed by atoms with Crippen molar-refractivity contribution in [1.82, 2.24) is 24.1 Å². The molecule has 0 aliphatic heterocycles. The van der Waals surface area contributed by atoms with Crippen molar-refractivity contribution in [2.75, 3.05) is 0 Å². The number of hydrogen-bond donors (Lipinski definition) is 0. The summed E-state index contributed by atoms with van der Waals surface area (Å²) in [6.07, 6.45) is 0. The van der Waals surface area contributed by atoms with Crippen LogP contribution in [0.4, 0.5) is 0 Å². The van der Waals surface area contributed by atoms with Crippen LogP contribution in [-0.2, 0) is 0 Å². The molecule has 3 heterocycles. The van der Waals surface area contributed by atoms with Gasteiger partial charge in [0.2, 0.25) is 11.9 Å². The molecule has 12 aromatic rings. The number of rotatable bonds is 7. The highest BCUT2D eigenvalue weighted by Crippen LogP contribution is 2.38. The highest BCUT2D eigenvalue weighted by Gasteiger charge is 2.21. The lowest BCUT2D eigenvalue weighted by Gasteiger charge is -2.14. The Morgan fingerprint density at radius 2 is 0.565 bits per heavy atom. The Hall–Kier alpha value is -8.41. The van der Waals surface area contributed by atoms with Crippen molar-refractivity contribution in [2.45, 2.75) is 0 Å². The predicted octanol–water partition coefficient (Wildman–Crippen LogP) is 14.4. The van der Waals surface area contributed by atoms with E-state index in [0.717, 1.165) is 82.6 Å². The van der Waals surface area contributed by atoms with E-state index in [4.69, 9.17) is 15.0 Å². The summed E-state index contributed by atoms with van der Waals surface area (Å²) in [6, 6.07) is 79.3. The van der Waals surface area contributed by atoms with Gasteiger partial charge in [-0.25, -0.2) is 0 Å². The fourth-order valence-corrected chi connectivity index (χ4v) is 9.00. The van der Waals surface area contributed by atoms with Crippen LogP contribution in [0.2, 0.25) is 0 Å². The molecule has 0 atom stereocenters. The van der Waals surface area contributed by atoms with Crippen LogP contribution in [0.5, 0.6) is 0 Å². The summed E-state index contributed by atoms with van der Waals surface area (Å²) < 4.78 is 4.42. The summed E-state index contributed by atoms with van der Waals surface area (Å²) in [5.41, 5.74) is 14.1. The van der Waals surface area contributed by atoms with Gasteiger partial charge in [0, 0.05) is 27.1 Å². The molecule has 0 aliphatic rings. The van der Waals surface area contributed by atoms with Crippen molar-refractivity contribution < 1.29 is 0 Å². The SMILES string of the molecule is c1ccc(-c2ccc(-c3cccc(-c4nc(-n5c6ccccc6c6ccc(-c7ccccc7)cc65)nc(-n5c6ccccc6c6ccc(-c7ccccc7)cc65)n4)c3)cc2)cc1. The Morgan fingerprint density at radius 1 is 0.226 bits per heavy atom. The first kappa shape index (κ1) is 35.5. The minimum atomic E-state index is 0.546. The van der Waals surface area contributed by atoms with Gasteiger partial charge >= 0.3 is 0 Å². The van der Waals surface area contributed by atoms with E-state index < -0.39 is 0 Å². The molecule has 0 spiro atoms. The molecule has 0 unspecified atom stereocenters. The molecule has 0 saturated carbocycles. The van der Waals surface area contributed by atoms with E-state index in [9.17, 15) is 0 Å². The van der Waals surface area contributed by atoms with E-state index in [1.807, 2.05) is 6.07 Å². The first-order valence-electron chi connectivity index (χ1n) is 20.9. The predicted molar refractivity (Wildman–Crippen MR) is 256 cm³/mol. The number of benzene rings is 9. The highest BCUT2D eigenvalue weighted by atomic mass is 15.3. The van der Waals surface area contributed by atoms with Crippen LogP contribution in [0.1, 0.15) is 0 Å². The molecule has 3 aromatic heterocycles. The third kappa shape index (κ3) is 6.06. The minimum Gasteiger partial charge on any atom is -0.278 e. The molecular weight excluding hydrogens is 755 g/mol. The number of nitrogens with zero attached hydrogens (tertiary/aromatic N) is 5. The monoisotopic (exact) mass is 791 g/mol. The van der Waals surface area contributed by atoms with Crippen LogP contribution < -0.4 is 0 Å². The molecule has 0 saturated heterocycles. The molecule has 5 nitrogen and oxygen atoms in total. The van der Waals surface area contributed by atoms with E-state index >= 15 is 0 Å². The van der Waals surface area contributed by atoms with Crippen LogP contribution in [0.15, 0.2) is 224 Å². The molecule has 5 heteroatoms. The summed E-state index contributed by atoms with van der Waals surface area (Å²) in [7, 11) is 0. The zero-order valence-electron chi connectivity index (χ0n) is 33.6. The van der Waals surface area contributed by atoms with Crippen LogP contribution in [0, 0.1) is 0 Å². The Morgan fingerprint density at radius 3 is 1.06 bits per heavy atom. The Labute approximate surface area is 358 Å². The minimum absolute atomic E-state index is 0.546. The second kappa shape index (κ2) is 14.7. The first-order chi connectivity index (χ1) is 30.7. The van der Waals surface area contributed by atoms with Crippen LogP contribution >= 0.6 is 0 Å². The fourth-order valence-electron chi connectivity index (χ4n) is 9.00. The van der Waals surface area contributed by atoms with Gasteiger partial charge in [-0.3, -0.25) is 9.13 Å². The second-order valence-electron chi connectivity index (χ2n) is 15.7. The van der Waals surface area contributed by atoms with Gasteiger partial charge < -0.3 is 0 Å². The first-order valence-corrected chi connectivity index (χ1v) is 20.9. The number of aromatic nitrogens is 5. The molecule has 0 fully saturated rings. The Kier molecular flexibility index (Phi) is 8.42. The summed E-state index contributed by atoms with van der Waals surface area (Å²) >= 11 is 0. The molecule has 0 radical (unpaired) electrons. The van der Waals surface area contributed by atoms with Gasteiger partial charge in [-0.05, 0) is 74.8 Å². The van der Waals surface area contributed by atoms with E-state index in [2.05, 4.69) is 228 Å². The van der Waals surface area contributed by atoms with Crippen molar-refractivity contribution in [3.8, 4) is 67.8 Å². The van der Waals surface area contributed by atoms with Gasteiger partial charge in [-0.1, -0.05) is 194 Å². The lowest BCUT2D eigenvalue weighted by atomic mass is 9.99. The largest absolute Gasteiger partial charge is 0.278 e. The van der Waals surface area contributed by atoms with Gasteiger partial charge in [0.25, 0.3) is 0 Å². The lowest BCUT2D eigenvalue weighted by molar-refractivity contribution is 0.893. The highest BCUT2D eigenvalue weighted by molar-refractivity contribution is 6.11. The zero-order valence-corrected chi connectivity index (χ0v) is 33.6. The molecule has 290 valence electrons. The Balaban J connectivity index is 1.11. The average molecular weight is 792 g/mol. The quantitative estimate of drug-likeness (QED) is 0.162. The molecule has 0 bridgehead atoms. The normalized spacial score (nSPS) is 11.5. The molecule has 0 N–H and O–H groups in total. The van der Waals surface area contributed by atoms with Gasteiger partial charge in [-0.2, -0.15) is 15.0 Å². The molecule has 9 aromatic carbocycles. The van der Waals surface area contributed by atoms with Crippen molar-refractivity contribution in [1.29, 1.82) is 0 Å². The smallest absolute Gasteiger partial charge is 0.240 e. The standard InChI is InChI=1S/C57H37N5/c1-4-15-38(16-5-1)41-27-29-42(30-28-41)43-21-14-22-46(35-43)55-58-56(61-51-25-12-10-23-47(51)49-33-31-44(36-53(49)61)39-17-6-2-7-18-39)60-57(59-55)62-52-26-13-11-24-48(52)50-34-32-45(37-54(50)62)40-19-8-3-9-20-40/h1-37H. The van der Waals surface area contributed by atoms with E-state index in [0.29, 0.717) is 17.7 Å². The fraction of sp³-hybridized carbons (Fsp3) is 0. The summed E-state index contributed by atoms with van der Waals surface area (Å²) in [5.74, 6) is 1.68. The molecule has 62 heavy (non-hydrogen) atoms. The Bertz CT molecular complexity index is 3430. The number of fused-ring (bicyclic) bond motifs is 6. The molecule has 0 aliphatic carbocycles. The topological polar surface area (TPSA) is 48.5 Å². The molecular formula is C57H37N5. The van der Waals surface area contributed by atoms with Crippen molar-refractivity contribution >= 4 is 43.6 Å². The van der Waals surface area contributed by atoms with Gasteiger partial charge in [0.1, 0.15) is 0 Å². The number of hydrogen-bond acceptors (Lipinski definition) is 3. The number of para-hydroxylation sites is 2. The third-order valence-corrected chi connectivity index (χ3v) is 12.0. The maximum absolute atomic E-state index is 5.47. The summed E-state index contributed by atoms with van der Waals surface area (Å²) in [5, 5.41) is 4.54. The van der Waals surface area contributed by atoms with Crippen molar-refractivity contribution in [2.24, 2.45) is 0 Å². The third-order valence-electron chi connectivity index (χ3n) is 12.0. The van der Waals surface area contributed by atoms with E-state index in [1.165, 1.54) is 11.1 Å². The van der Waals surface area contributed by atoms with Gasteiger partial charge in [-0.15, -0.1) is 0 Å². The van der Waals surface area contributed by atoms with Gasteiger partial charge in [0.15, 0.2) is 5.82 Å². The maximum Gasteiger partial charge on any atom is 0.240 e. The maximum atomic E-state index is 5.47. The summed E-state index contributed by atoms with van der Waals surface area (Å²) in [4.78, 5) is 16.3. The van der Waals surface area contributed by atoms with Crippen molar-refractivity contribution in [3.05, 3.63) is 224 Å². The van der Waals surface area contributed by atoms with Crippen LogP contribution in [0.3, 0.4) is 0 Å². The summed E-state index contributed by atoms with van der Waals surface area (Å²) in [6.45, 7) is 0.